The fourth-order valence-electron chi connectivity index (χ4n) is 3.19. The number of rotatable bonds is 5. The van der Waals surface area contributed by atoms with Crippen LogP contribution in [0.25, 0.3) is 0 Å². The van der Waals surface area contributed by atoms with E-state index >= 15 is 0 Å². The number of para-hydroxylation sites is 2. The number of benzene rings is 3. The highest BCUT2D eigenvalue weighted by atomic mass is 32.2. The fraction of sp³-hybridized carbons (Fsp3) is 0.125. The Labute approximate surface area is 179 Å². The summed E-state index contributed by atoms with van der Waals surface area (Å²) < 4.78 is 5.75. The summed E-state index contributed by atoms with van der Waals surface area (Å²) in [6, 6.07) is 27.9. The average Bonchev–Trinajstić information content (AvgIpc) is 2.95. The molecule has 1 aliphatic rings. The van der Waals surface area contributed by atoms with Crippen LogP contribution in [0.15, 0.2) is 101 Å². The zero-order valence-corrected chi connectivity index (χ0v) is 17.7. The molecule has 1 aliphatic heterocycles. The van der Waals surface area contributed by atoms with Gasteiger partial charge in [-0.2, -0.15) is 0 Å². The highest BCUT2D eigenvalue weighted by Crippen LogP contribution is 2.47. The summed E-state index contributed by atoms with van der Waals surface area (Å²) in [5.74, 6) is 0.603. The molecule has 1 atom stereocenters. The molecule has 5 heteroatoms. The largest absolute Gasteiger partial charge is 0.484 e. The van der Waals surface area contributed by atoms with Crippen LogP contribution in [0.1, 0.15) is 10.8 Å². The van der Waals surface area contributed by atoms with Gasteiger partial charge in [0.2, 0.25) is 0 Å². The zero-order valence-electron chi connectivity index (χ0n) is 16.0. The van der Waals surface area contributed by atoms with E-state index in [0.717, 1.165) is 15.6 Å². The fourth-order valence-corrected chi connectivity index (χ4v) is 5.13. The van der Waals surface area contributed by atoms with Crippen LogP contribution in [0.3, 0.4) is 0 Å². The first-order valence-corrected chi connectivity index (χ1v) is 11.4. The van der Waals surface area contributed by atoms with E-state index in [1.54, 1.807) is 28.4 Å². The van der Waals surface area contributed by atoms with E-state index in [4.69, 9.17) is 4.74 Å². The number of nitrogens with zero attached hydrogens (tertiary/aromatic N) is 1. The van der Waals surface area contributed by atoms with Crippen LogP contribution in [0.2, 0.25) is 0 Å². The van der Waals surface area contributed by atoms with Gasteiger partial charge in [-0.1, -0.05) is 60.7 Å². The van der Waals surface area contributed by atoms with Gasteiger partial charge in [0.05, 0.1) is 16.0 Å². The highest BCUT2D eigenvalue weighted by molar-refractivity contribution is 8.03. The van der Waals surface area contributed by atoms with Crippen molar-refractivity contribution in [2.75, 3.05) is 17.8 Å². The van der Waals surface area contributed by atoms with Gasteiger partial charge in [0, 0.05) is 4.90 Å². The molecule has 0 fully saturated rings. The maximum absolute atomic E-state index is 13.2. The first-order chi connectivity index (χ1) is 14.3. The van der Waals surface area contributed by atoms with Crippen LogP contribution in [0.4, 0.5) is 5.69 Å². The van der Waals surface area contributed by atoms with E-state index in [9.17, 15) is 4.79 Å². The number of thioether (sulfide) groups is 2. The van der Waals surface area contributed by atoms with Gasteiger partial charge in [0.15, 0.2) is 6.61 Å². The third-order valence-corrected chi connectivity index (χ3v) is 6.56. The minimum atomic E-state index is -0.0868. The topological polar surface area (TPSA) is 29.5 Å². The standard InChI is InChI=1S/C24H21NO2S2/c1-28-24-16-22(18-10-4-2-5-11-18)29-21-15-9-8-14-20(21)25(24)23(26)17-27-19-12-6-3-7-13-19/h2-16,22H,17H2,1H3. The van der Waals surface area contributed by atoms with Gasteiger partial charge in [0.25, 0.3) is 5.91 Å². The maximum atomic E-state index is 13.2. The minimum absolute atomic E-state index is 0.0169. The second-order valence-corrected chi connectivity index (χ2v) is 8.47. The molecule has 0 saturated heterocycles. The summed E-state index contributed by atoms with van der Waals surface area (Å²) >= 11 is 3.34. The Balaban J connectivity index is 1.68. The van der Waals surface area contributed by atoms with E-state index in [0.29, 0.717) is 5.75 Å². The Morgan fingerprint density at radius 1 is 0.966 bits per heavy atom. The van der Waals surface area contributed by atoms with Gasteiger partial charge in [0.1, 0.15) is 5.75 Å². The van der Waals surface area contributed by atoms with Crippen LogP contribution in [-0.4, -0.2) is 18.8 Å². The van der Waals surface area contributed by atoms with E-state index in [2.05, 4.69) is 36.4 Å². The Morgan fingerprint density at radius 2 is 1.62 bits per heavy atom. The lowest BCUT2D eigenvalue weighted by atomic mass is 10.1. The van der Waals surface area contributed by atoms with Crippen molar-refractivity contribution >= 4 is 35.1 Å². The first kappa shape index (κ1) is 19.7. The van der Waals surface area contributed by atoms with Crippen LogP contribution in [0.5, 0.6) is 5.75 Å². The van der Waals surface area contributed by atoms with Crippen molar-refractivity contribution in [3.05, 3.63) is 102 Å². The van der Waals surface area contributed by atoms with Crippen molar-refractivity contribution in [2.24, 2.45) is 0 Å². The molecule has 1 unspecified atom stereocenters. The van der Waals surface area contributed by atoms with Crippen molar-refractivity contribution in [3.8, 4) is 5.75 Å². The summed E-state index contributed by atoms with van der Waals surface area (Å²) in [5.41, 5.74) is 2.12. The molecule has 3 nitrogen and oxygen atoms in total. The van der Waals surface area contributed by atoms with Gasteiger partial charge in [-0.3, -0.25) is 9.69 Å². The van der Waals surface area contributed by atoms with Crippen molar-refractivity contribution < 1.29 is 9.53 Å². The molecular formula is C24H21NO2S2. The monoisotopic (exact) mass is 419 g/mol. The van der Waals surface area contributed by atoms with Gasteiger partial charge in [-0.15, -0.1) is 23.5 Å². The van der Waals surface area contributed by atoms with E-state index < -0.39 is 0 Å². The van der Waals surface area contributed by atoms with Crippen LogP contribution in [0, 0.1) is 0 Å². The molecule has 0 aliphatic carbocycles. The van der Waals surface area contributed by atoms with Crippen molar-refractivity contribution in [1.82, 2.24) is 0 Å². The number of hydrogen-bond donors (Lipinski definition) is 0. The lowest BCUT2D eigenvalue weighted by molar-refractivity contribution is -0.120. The molecule has 3 aromatic carbocycles. The van der Waals surface area contributed by atoms with Gasteiger partial charge >= 0.3 is 0 Å². The molecule has 0 aromatic heterocycles. The predicted octanol–water partition coefficient (Wildman–Crippen LogP) is 6.15. The Bertz CT molecular complexity index is 1010. The SMILES string of the molecule is CSC1=CC(c2ccccc2)Sc2ccccc2N1C(=O)COc1ccccc1. The van der Waals surface area contributed by atoms with Crippen molar-refractivity contribution in [1.29, 1.82) is 0 Å². The molecule has 1 amide bonds. The van der Waals surface area contributed by atoms with Gasteiger partial charge in [-0.25, -0.2) is 0 Å². The molecular weight excluding hydrogens is 398 g/mol. The summed E-state index contributed by atoms with van der Waals surface area (Å²) in [5, 5.41) is 1.05. The molecule has 0 bridgehead atoms. The minimum Gasteiger partial charge on any atom is -0.484 e. The summed E-state index contributed by atoms with van der Waals surface area (Å²) in [7, 11) is 0. The predicted molar refractivity (Wildman–Crippen MR) is 123 cm³/mol. The highest BCUT2D eigenvalue weighted by Gasteiger charge is 2.28. The third-order valence-electron chi connectivity index (χ3n) is 4.57. The van der Waals surface area contributed by atoms with E-state index in [1.165, 1.54) is 5.56 Å². The van der Waals surface area contributed by atoms with Crippen LogP contribution >= 0.6 is 23.5 Å². The summed E-state index contributed by atoms with van der Waals surface area (Å²) in [6.07, 6.45) is 4.18. The second-order valence-electron chi connectivity index (χ2n) is 6.46. The van der Waals surface area contributed by atoms with E-state index in [-0.39, 0.29) is 17.8 Å². The Morgan fingerprint density at radius 3 is 2.34 bits per heavy atom. The number of carbonyl (C=O) groups is 1. The van der Waals surface area contributed by atoms with Gasteiger partial charge in [-0.05, 0) is 42.2 Å². The molecule has 3 aromatic rings. The molecule has 0 spiro atoms. The van der Waals surface area contributed by atoms with Gasteiger partial charge < -0.3 is 4.74 Å². The Kier molecular flexibility index (Phi) is 6.27. The molecule has 29 heavy (non-hydrogen) atoms. The number of anilines is 1. The lowest BCUT2D eigenvalue weighted by Crippen LogP contribution is -2.33. The molecule has 0 N–H and O–H groups in total. The van der Waals surface area contributed by atoms with Crippen molar-refractivity contribution in [3.63, 3.8) is 0 Å². The van der Waals surface area contributed by atoms with Crippen molar-refractivity contribution in [2.45, 2.75) is 10.1 Å². The molecule has 1 heterocycles. The Hall–Kier alpha value is -2.63. The number of hydrogen-bond acceptors (Lipinski definition) is 4. The molecule has 146 valence electrons. The first-order valence-electron chi connectivity index (χ1n) is 9.33. The normalized spacial score (nSPS) is 15.8. The number of ether oxygens (including phenoxy) is 1. The quantitative estimate of drug-likeness (QED) is 0.496. The zero-order chi connectivity index (χ0) is 20.1. The second kappa shape index (κ2) is 9.25. The molecule has 4 rings (SSSR count). The summed E-state index contributed by atoms with van der Waals surface area (Å²) in [6.45, 7) is -0.0169. The number of amides is 1. The van der Waals surface area contributed by atoms with E-state index in [1.807, 2.05) is 60.9 Å². The van der Waals surface area contributed by atoms with Crippen LogP contribution in [-0.2, 0) is 4.79 Å². The lowest BCUT2D eigenvalue weighted by Gasteiger charge is -2.24. The maximum Gasteiger partial charge on any atom is 0.269 e. The van der Waals surface area contributed by atoms with Crippen LogP contribution < -0.4 is 9.64 Å². The smallest absolute Gasteiger partial charge is 0.269 e. The number of carbonyl (C=O) groups excluding carboxylic acids is 1. The third kappa shape index (κ3) is 4.52. The molecule has 0 radical (unpaired) electrons. The average molecular weight is 420 g/mol. The number of fused-ring (bicyclic) bond motifs is 1. The summed E-state index contributed by atoms with van der Waals surface area (Å²) in [4.78, 5) is 16.1. The molecule has 0 saturated carbocycles.